The molecule has 0 bridgehead atoms. The fourth-order valence-electron chi connectivity index (χ4n) is 3.61. The molecule has 4 heteroatoms. The van der Waals surface area contributed by atoms with E-state index in [4.69, 9.17) is 39.5 Å². The van der Waals surface area contributed by atoms with E-state index in [2.05, 4.69) is 12.1 Å². The maximum absolute atomic E-state index is 6.44. The zero-order chi connectivity index (χ0) is 17.8. The van der Waals surface area contributed by atoms with Gasteiger partial charge in [0.2, 0.25) is 0 Å². The molecule has 0 spiro atoms. The van der Waals surface area contributed by atoms with E-state index in [1.807, 2.05) is 48.5 Å². The third kappa shape index (κ3) is 2.76. The zero-order valence-corrected chi connectivity index (χ0v) is 15.9. The van der Waals surface area contributed by atoms with Crippen molar-refractivity contribution in [1.82, 2.24) is 0 Å². The van der Waals surface area contributed by atoms with Crippen molar-refractivity contribution >= 4 is 46.5 Å². The van der Waals surface area contributed by atoms with Gasteiger partial charge in [0.25, 0.3) is 0 Å². The number of halogens is 3. The van der Waals surface area contributed by atoms with Gasteiger partial charge in [-0.25, -0.2) is 0 Å². The fraction of sp³-hybridized carbons (Fsp3) is 0.0909. The Hall–Kier alpha value is -1.77. The Balaban J connectivity index is 1.79. The molecule has 3 aromatic carbocycles. The van der Waals surface area contributed by atoms with Crippen LogP contribution in [-0.4, -0.2) is 6.61 Å². The zero-order valence-electron chi connectivity index (χ0n) is 13.6. The number of ether oxygens (including phenoxy) is 1. The molecule has 1 heterocycles. The maximum atomic E-state index is 6.44. The molecule has 3 aromatic rings. The second-order valence-electron chi connectivity index (χ2n) is 6.54. The quantitative estimate of drug-likeness (QED) is 0.322. The van der Waals surface area contributed by atoms with Gasteiger partial charge in [0.1, 0.15) is 6.10 Å². The highest BCUT2D eigenvalue weighted by molar-refractivity contribution is 6.32. The molecule has 0 N–H and O–H groups in total. The molecule has 1 fully saturated rings. The van der Waals surface area contributed by atoms with Crippen molar-refractivity contribution in [2.24, 2.45) is 0 Å². The summed E-state index contributed by atoms with van der Waals surface area (Å²) in [5, 5.41) is 2.16. The minimum absolute atomic E-state index is 0.126. The van der Waals surface area contributed by atoms with Crippen LogP contribution in [0.15, 0.2) is 54.6 Å². The molecular weight excluding hydrogens is 387 g/mol. The summed E-state index contributed by atoms with van der Waals surface area (Å²) >= 11 is 18.8. The van der Waals surface area contributed by atoms with Crippen LogP contribution < -0.4 is 0 Å². The van der Waals surface area contributed by atoms with Crippen molar-refractivity contribution in [3.63, 3.8) is 0 Å². The molecule has 0 aromatic heterocycles. The van der Waals surface area contributed by atoms with Crippen LogP contribution in [0, 0.1) is 0 Å². The molecule has 1 aliphatic carbocycles. The lowest BCUT2D eigenvalue weighted by molar-refractivity contribution is 0.416. The third-order valence-electron chi connectivity index (χ3n) is 4.83. The number of epoxide rings is 1. The highest BCUT2D eigenvalue weighted by Crippen LogP contribution is 2.51. The Morgan fingerprint density at radius 3 is 2.19 bits per heavy atom. The van der Waals surface area contributed by atoms with E-state index in [1.54, 1.807) is 0 Å². The Morgan fingerprint density at radius 2 is 1.46 bits per heavy atom. The molecule has 5 rings (SSSR count). The van der Waals surface area contributed by atoms with E-state index in [-0.39, 0.29) is 6.10 Å². The van der Waals surface area contributed by atoms with Crippen LogP contribution in [0.3, 0.4) is 0 Å². The molecule has 1 aliphatic heterocycles. The van der Waals surface area contributed by atoms with Crippen LogP contribution >= 0.6 is 34.8 Å². The van der Waals surface area contributed by atoms with E-state index >= 15 is 0 Å². The van der Waals surface area contributed by atoms with Gasteiger partial charge in [-0.3, -0.25) is 0 Å². The van der Waals surface area contributed by atoms with Crippen LogP contribution in [0.25, 0.3) is 22.8 Å². The summed E-state index contributed by atoms with van der Waals surface area (Å²) in [4.78, 5) is 0. The van der Waals surface area contributed by atoms with Gasteiger partial charge >= 0.3 is 0 Å². The second-order valence-corrected chi connectivity index (χ2v) is 7.85. The summed E-state index contributed by atoms with van der Waals surface area (Å²) in [5.74, 6) is 0. The van der Waals surface area contributed by atoms with Crippen LogP contribution in [0.4, 0.5) is 0 Å². The normalized spacial score (nSPS) is 18.7. The van der Waals surface area contributed by atoms with E-state index in [9.17, 15) is 0 Å². The van der Waals surface area contributed by atoms with Gasteiger partial charge in [0.05, 0.1) is 6.61 Å². The van der Waals surface area contributed by atoms with Crippen molar-refractivity contribution in [1.29, 1.82) is 0 Å². The molecule has 0 saturated carbocycles. The van der Waals surface area contributed by atoms with Crippen LogP contribution in [0.5, 0.6) is 0 Å². The summed E-state index contributed by atoms with van der Waals surface area (Å²) in [7, 11) is 0. The van der Waals surface area contributed by atoms with Crippen LogP contribution in [0.1, 0.15) is 28.4 Å². The van der Waals surface area contributed by atoms with E-state index < -0.39 is 0 Å². The largest absolute Gasteiger partial charge is 0.368 e. The molecule has 1 saturated heterocycles. The average molecular weight is 400 g/mol. The van der Waals surface area contributed by atoms with E-state index in [1.165, 1.54) is 11.1 Å². The maximum Gasteiger partial charge on any atom is 0.107 e. The minimum Gasteiger partial charge on any atom is -0.368 e. The van der Waals surface area contributed by atoms with Gasteiger partial charge < -0.3 is 4.74 Å². The molecule has 128 valence electrons. The predicted octanol–water partition coefficient (Wildman–Crippen LogP) is 7.29. The highest BCUT2D eigenvalue weighted by atomic mass is 35.5. The molecule has 1 atom stereocenters. The van der Waals surface area contributed by atoms with Crippen molar-refractivity contribution in [2.45, 2.75) is 6.10 Å². The van der Waals surface area contributed by atoms with Crippen molar-refractivity contribution in [3.8, 4) is 11.1 Å². The van der Waals surface area contributed by atoms with Gasteiger partial charge in [0.15, 0.2) is 0 Å². The Kier molecular flexibility index (Phi) is 3.88. The molecule has 2 aliphatic rings. The number of benzene rings is 3. The fourth-order valence-corrected chi connectivity index (χ4v) is 4.13. The topological polar surface area (TPSA) is 12.5 Å². The second kappa shape index (κ2) is 6.14. The average Bonchev–Trinajstić information content (AvgIpc) is 3.42. The van der Waals surface area contributed by atoms with E-state index in [0.29, 0.717) is 5.02 Å². The summed E-state index contributed by atoms with van der Waals surface area (Å²) < 4.78 is 5.56. The number of hydrogen-bond donors (Lipinski definition) is 0. The summed E-state index contributed by atoms with van der Waals surface area (Å²) in [5.41, 5.74) is 7.95. The lowest BCUT2D eigenvalue weighted by Crippen LogP contribution is -1.89. The molecule has 26 heavy (non-hydrogen) atoms. The first-order valence-electron chi connectivity index (χ1n) is 8.33. The smallest absolute Gasteiger partial charge is 0.107 e. The van der Waals surface area contributed by atoms with Gasteiger partial charge in [-0.1, -0.05) is 53.0 Å². The molecular formula is C22H13Cl3O. The van der Waals surface area contributed by atoms with Crippen molar-refractivity contribution in [3.05, 3.63) is 91.9 Å². The lowest BCUT2D eigenvalue weighted by atomic mass is 9.97. The first-order chi connectivity index (χ1) is 12.6. The van der Waals surface area contributed by atoms with Crippen molar-refractivity contribution < 1.29 is 4.74 Å². The Morgan fingerprint density at radius 1 is 0.769 bits per heavy atom. The van der Waals surface area contributed by atoms with Gasteiger partial charge in [0, 0.05) is 15.1 Å². The number of hydrogen-bond acceptors (Lipinski definition) is 1. The highest BCUT2D eigenvalue weighted by Gasteiger charge is 2.34. The van der Waals surface area contributed by atoms with E-state index in [0.717, 1.165) is 44.5 Å². The molecule has 1 nitrogen and oxygen atoms in total. The van der Waals surface area contributed by atoms with Crippen molar-refractivity contribution in [2.75, 3.05) is 6.61 Å². The van der Waals surface area contributed by atoms with Crippen LogP contribution in [-0.2, 0) is 4.74 Å². The predicted molar refractivity (Wildman–Crippen MR) is 109 cm³/mol. The first kappa shape index (κ1) is 16.4. The minimum atomic E-state index is 0.126. The lowest BCUT2D eigenvalue weighted by Gasteiger charge is -2.08. The molecule has 0 radical (unpaired) electrons. The summed E-state index contributed by atoms with van der Waals surface area (Å²) in [6, 6.07) is 17.9. The Bertz CT molecular complexity index is 1060. The Labute approximate surface area is 166 Å². The first-order valence-corrected chi connectivity index (χ1v) is 9.46. The number of fused-ring (bicyclic) bond motifs is 3. The SMILES string of the molecule is Clc1ccc(/C=C2\c3cc(Cl)ccc3-c3c2cc(Cl)cc3[C@H]2CO2)cc1. The number of rotatable bonds is 2. The van der Waals surface area contributed by atoms with Gasteiger partial charge in [-0.2, -0.15) is 0 Å². The van der Waals surface area contributed by atoms with Gasteiger partial charge in [-0.15, -0.1) is 0 Å². The third-order valence-corrected chi connectivity index (χ3v) is 5.53. The standard InChI is InChI=1S/C22H13Cl3O/c23-13-3-1-12(2-4-13)7-17-18-8-14(24)5-6-16(18)22-19(17)9-15(25)10-20(22)21-11-26-21/h1-10,21H,11H2/b17-7+/t21-/m1/s1. The summed E-state index contributed by atoms with van der Waals surface area (Å²) in [6.07, 6.45) is 2.28. The summed E-state index contributed by atoms with van der Waals surface area (Å²) in [6.45, 7) is 0.742. The molecule has 0 amide bonds. The van der Waals surface area contributed by atoms with Crippen LogP contribution in [0.2, 0.25) is 15.1 Å². The van der Waals surface area contributed by atoms with Gasteiger partial charge in [-0.05, 0) is 81.4 Å². The molecule has 0 unspecified atom stereocenters. The monoisotopic (exact) mass is 398 g/mol.